The van der Waals surface area contributed by atoms with E-state index >= 15 is 0 Å². The Morgan fingerprint density at radius 3 is 2.67 bits per heavy atom. The molecule has 2 N–H and O–H groups in total. The zero-order valence-electron chi connectivity index (χ0n) is 10.6. The quantitative estimate of drug-likeness (QED) is 0.805. The molecule has 0 amide bonds. The zero-order valence-corrected chi connectivity index (χ0v) is 10.6. The number of hydrogen-bond acceptors (Lipinski definition) is 3. The van der Waals surface area contributed by atoms with E-state index in [-0.39, 0.29) is 11.7 Å². The summed E-state index contributed by atoms with van der Waals surface area (Å²) in [6.07, 6.45) is 0. The molecule has 3 aromatic rings. The van der Waals surface area contributed by atoms with Gasteiger partial charge in [0.15, 0.2) is 0 Å². The minimum absolute atomic E-state index is 0.0391. The fraction of sp³-hybridized carbons (Fsp3) is 0.0714. The molecule has 1 aromatic heterocycles. The minimum atomic E-state index is -2.96. The average molecular weight is 293 g/mol. The number of hydrogen-bond donors (Lipinski definition) is 1. The molecule has 108 valence electrons. The van der Waals surface area contributed by atoms with E-state index in [0.717, 1.165) is 0 Å². The van der Waals surface area contributed by atoms with Crippen LogP contribution >= 0.6 is 0 Å². The third kappa shape index (κ3) is 2.37. The lowest BCUT2D eigenvalue weighted by atomic mass is 10.2. The number of imidazole rings is 1. The summed E-state index contributed by atoms with van der Waals surface area (Å²) < 4.78 is 44.1. The molecular formula is C14H10F3N3O. The number of para-hydroxylation sites is 2. The van der Waals surface area contributed by atoms with E-state index in [9.17, 15) is 13.2 Å². The second-order valence-electron chi connectivity index (χ2n) is 4.28. The molecule has 0 radical (unpaired) electrons. The zero-order chi connectivity index (χ0) is 15.0. The number of nitrogen functional groups attached to an aromatic ring is 1. The number of halogens is 3. The highest BCUT2D eigenvalue weighted by molar-refractivity contribution is 5.81. The molecule has 2 aromatic carbocycles. The fourth-order valence-corrected chi connectivity index (χ4v) is 2.16. The van der Waals surface area contributed by atoms with Gasteiger partial charge in [-0.25, -0.2) is 9.37 Å². The molecule has 7 heteroatoms. The van der Waals surface area contributed by atoms with Gasteiger partial charge in [0.05, 0.1) is 16.7 Å². The van der Waals surface area contributed by atoms with Crippen molar-refractivity contribution in [2.45, 2.75) is 6.61 Å². The highest BCUT2D eigenvalue weighted by Crippen LogP contribution is 2.30. The summed E-state index contributed by atoms with van der Waals surface area (Å²) in [5, 5.41) is 0. The second-order valence-corrected chi connectivity index (χ2v) is 4.28. The minimum Gasteiger partial charge on any atom is -0.433 e. The standard InChI is InChI=1S/C14H10F3N3O/c15-8-5-6-10-9(7-8)19-14(18)20(10)11-3-1-2-4-12(11)21-13(16)17/h1-7,13H,(H2,18,19). The van der Waals surface area contributed by atoms with Crippen molar-refractivity contribution in [3.63, 3.8) is 0 Å². The second kappa shape index (κ2) is 5.01. The SMILES string of the molecule is Nc1nc2cc(F)ccc2n1-c1ccccc1OC(F)F. The average Bonchev–Trinajstić information content (AvgIpc) is 2.74. The predicted molar refractivity (Wildman–Crippen MR) is 72.1 cm³/mol. The van der Waals surface area contributed by atoms with E-state index in [1.54, 1.807) is 18.2 Å². The molecule has 0 fully saturated rings. The molecule has 0 atom stereocenters. The van der Waals surface area contributed by atoms with Crippen LogP contribution in [0.5, 0.6) is 5.75 Å². The molecule has 3 rings (SSSR count). The Kier molecular flexibility index (Phi) is 3.17. The number of fused-ring (bicyclic) bond motifs is 1. The van der Waals surface area contributed by atoms with Gasteiger partial charge in [-0.1, -0.05) is 12.1 Å². The van der Waals surface area contributed by atoms with Gasteiger partial charge in [0, 0.05) is 6.07 Å². The van der Waals surface area contributed by atoms with Crippen LogP contribution in [-0.2, 0) is 0 Å². The number of nitrogens with zero attached hydrogens (tertiary/aromatic N) is 2. The van der Waals surface area contributed by atoms with Crippen LogP contribution in [0, 0.1) is 5.82 Å². The summed E-state index contributed by atoms with van der Waals surface area (Å²) >= 11 is 0. The third-order valence-corrected chi connectivity index (χ3v) is 2.96. The monoisotopic (exact) mass is 293 g/mol. The maximum Gasteiger partial charge on any atom is 0.387 e. The maximum atomic E-state index is 13.2. The highest BCUT2D eigenvalue weighted by Gasteiger charge is 2.16. The number of aromatic nitrogens is 2. The first-order valence-corrected chi connectivity index (χ1v) is 6.04. The molecule has 0 spiro atoms. The van der Waals surface area contributed by atoms with Gasteiger partial charge in [0.25, 0.3) is 0 Å². The van der Waals surface area contributed by atoms with E-state index in [4.69, 9.17) is 5.73 Å². The number of benzene rings is 2. The first kappa shape index (κ1) is 13.3. The lowest BCUT2D eigenvalue weighted by molar-refractivity contribution is -0.0498. The van der Waals surface area contributed by atoms with Gasteiger partial charge in [-0.3, -0.25) is 4.57 Å². The van der Waals surface area contributed by atoms with Crippen molar-refractivity contribution < 1.29 is 17.9 Å². The molecule has 0 aliphatic carbocycles. The lowest BCUT2D eigenvalue weighted by Crippen LogP contribution is -2.07. The number of alkyl halides is 2. The Bertz CT molecular complexity index is 801. The highest BCUT2D eigenvalue weighted by atomic mass is 19.3. The van der Waals surface area contributed by atoms with Crippen LogP contribution in [0.3, 0.4) is 0 Å². The predicted octanol–water partition coefficient (Wildman–Crippen LogP) is 3.35. The van der Waals surface area contributed by atoms with Crippen molar-refractivity contribution in [1.29, 1.82) is 0 Å². The van der Waals surface area contributed by atoms with Crippen LogP contribution in [0.2, 0.25) is 0 Å². The number of ether oxygens (including phenoxy) is 1. The Labute approximate surface area is 117 Å². The third-order valence-electron chi connectivity index (χ3n) is 2.96. The topological polar surface area (TPSA) is 53.1 Å². The van der Waals surface area contributed by atoms with Crippen LogP contribution < -0.4 is 10.5 Å². The Morgan fingerprint density at radius 2 is 1.90 bits per heavy atom. The molecule has 0 saturated heterocycles. The summed E-state index contributed by atoms with van der Waals surface area (Å²) in [5.74, 6) is -0.437. The van der Waals surface area contributed by atoms with E-state index in [0.29, 0.717) is 16.7 Å². The Hall–Kier alpha value is -2.70. The van der Waals surface area contributed by atoms with Gasteiger partial charge >= 0.3 is 6.61 Å². The van der Waals surface area contributed by atoms with Crippen molar-refractivity contribution >= 4 is 17.0 Å². The van der Waals surface area contributed by atoms with E-state index in [2.05, 4.69) is 9.72 Å². The van der Waals surface area contributed by atoms with Gasteiger partial charge in [-0.15, -0.1) is 0 Å². The first-order valence-electron chi connectivity index (χ1n) is 6.04. The molecule has 0 saturated carbocycles. The summed E-state index contributed by atoms with van der Waals surface area (Å²) in [5.41, 5.74) is 6.96. The molecule has 4 nitrogen and oxygen atoms in total. The number of rotatable bonds is 3. The van der Waals surface area contributed by atoms with Gasteiger partial charge in [0.2, 0.25) is 5.95 Å². The van der Waals surface area contributed by atoms with Crippen LogP contribution in [-0.4, -0.2) is 16.2 Å². The van der Waals surface area contributed by atoms with Crippen LogP contribution in [0.15, 0.2) is 42.5 Å². The molecule has 1 heterocycles. The van der Waals surface area contributed by atoms with Crippen molar-refractivity contribution in [1.82, 2.24) is 9.55 Å². The van der Waals surface area contributed by atoms with Crippen molar-refractivity contribution in [3.8, 4) is 11.4 Å². The summed E-state index contributed by atoms with van der Waals surface area (Å²) in [6.45, 7) is -2.96. The van der Waals surface area contributed by atoms with Crippen molar-refractivity contribution in [3.05, 3.63) is 48.3 Å². The van der Waals surface area contributed by atoms with E-state index < -0.39 is 12.4 Å². The summed E-state index contributed by atoms with van der Waals surface area (Å²) in [7, 11) is 0. The molecular weight excluding hydrogens is 283 g/mol. The molecule has 0 aliphatic rings. The normalized spacial score (nSPS) is 11.2. The van der Waals surface area contributed by atoms with Gasteiger partial charge < -0.3 is 10.5 Å². The summed E-state index contributed by atoms with van der Waals surface area (Å²) in [4.78, 5) is 4.03. The smallest absolute Gasteiger partial charge is 0.387 e. The molecule has 0 bridgehead atoms. The molecule has 0 aliphatic heterocycles. The first-order chi connectivity index (χ1) is 10.1. The lowest BCUT2D eigenvalue weighted by Gasteiger charge is -2.12. The Balaban J connectivity index is 2.23. The van der Waals surface area contributed by atoms with Gasteiger partial charge in [-0.05, 0) is 24.3 Å². The van der Waals surface area contributed by atoms with Crippen LogP contribution in [0.4, 0.5) is 19.1 Å². The van der Waals surface area contributed by atoms with Gasteiger partial charge in [-0.2, -0.15) is 8.78 Å². The van der Waals surface area contributed by atoms with Crippen molar-refractivity contribution in [2.75, 3.05) is 5.73 Å². The molecule has 21 heavy (non-hydrogen) atoms. The fourth-order valence-electron chi connectivity index (χ4n) is 2.16. The largest absolute Gasteiger partial charge is 0.433 e. The van der Waals surface area contributed by atoms with Crippen LogP contribution in [0.1, 0.15) is 0 Å². The van der Waals surface area contributed by atoms with E-state index in [1.165, 1.54) is 28.8 Å². The number of nitrogens with two attached hydrogens (primary N) is 1. The Morgan fingerprint density at radius 1 is 1.14 bits per heavy atom. The van der Waals surface area contributed by atoms with Crippen molar-refractivity contribution in [2.24, 2.45) is 0 Å². The number of anilines is 1. The summed E-state index contributed by atoms with van der Waals surface area (Å²) in [6, 6.07) is 10.1. The van der Waals surface area contributed by atoms with Gasteiger partial charge in [0.1, 0.15) is 11.6 Å². The van der Waals surface area contributed by atoms with Crippen LogP contribution in [0.25, 0.3) is 16.7 Å². The maximum absolute atomic E-state index is 13.2. The van der Waals surface area contributed by atoms with E-state index in [1.807, 2.05) is 0 Å². The molecule has 0 unspecified atom stereocenters.